The van der Waals surface area contributed by atoms with Gasteiger partial charge in [0.05, 0.1) is 12.3 Å². The number of benzene rings is 1. The highest BCUT2D eigenvalue weighted by Gasteiger charge is 2.26. The third-order valence-electron chi connectivity index (χ3n) is 2.62. The fraction of sp³-hybridized carbons (Fsp3) is 0.364. The van der Waals surface area contributed by atoms with Crippen LogP contribution in [0.15, 0.2) is 18.2 Å². The van der Waals surface area contributed by atoms with E-state index in [1.54, 1.807) is 6.07 Å². The van der Waals surface area contributed by atoms with Gasteiger partial charge in [-0.3, -0.25) is 4.79 Å². The number of Topliss-reactive ketones (excluding diaryl/α,β-unsaturated/α-hetero) is 1. The Bertz CT molecular complexity index is 386. The molecule has 0 aliphatic carbocycles. The van der Waals surface area contributed by atoms with Gasteiger partial charge in [0.15, 0.2) is 5.78 Å². The number of halogens is 1. The normalized spacial score (nSPS) is 20.5. The zero-order chi connectivity index (χ0) is 10.8. The van der Waals surface area contributed by atoms with Crippen molar-refractivity contribution in [2.24, 2.45) is 5.92 Å². The van der Waals surface area contributed by atoms with Crippen molar-refractivity contribution in [2.75, 3.05) is 18.9 Å². The molecule has 80 valence electrons. The molecule has 1 unspecified atom stereocenters. The zero-order valence-electron chi connectivity index (χ0n) is 8.20. The molecule has 15 heavy (non-hydrogen) atoms. The van der Waals surface area contributed by atoms with Crippen LogP contribution in [0.1, 0.15) is 16.8 Å². The van der Waals surface area contributed by atoms with Crippen molar-refractivity contribution in [2.45, 2.75) is 6.42 Å². The molecule has 0 saturated carbocycles. The number of nitrogens with two attached hydrogens (primary N) is 1. The zero-order valence-corrected chi connectivity index (χ0v) is 8.20. The predicted octanol–water partition coefficient (Wildman–Crippen LogP) is 1.63. The summed E-state index contributed by atoms with van der Waals surface area (Å²) >= 11 is 0. The van der Waals surface area contributed by atoms with Gasteiger partial charge in [0.25, 0.3) is 0 Å². The van der Waals surface area contributed by atoms with Crippen LogP contribution in [0.5, 0.6) is 0 Å². The number of nitrogen functional groups attached to an aromatic ring is 1. The molecule has 0 spiro atoms. The number of anilines is 1. The first-order chi connectivity index (χ1) is 7.20. The van der Waals surface area contributed by atoms with E-state index in [9.17, 15) is 9.18 Å². The standard InChI is InChI=1S/C11H12FNO2/c12-9-3-1-2-8(10(9)13)11(14)7-4-5-15-6-7/h1-3,7H,4-6,13H2. The summed E-state index contributed by atoms with van der Waals surface area (Å²) in [5.74, 6) is -0.835. The quantitative estimate of drug-likeness (QED) is 0.595. The Morgan fingerprint density at radius 1 is 1.53 bits per heavy atom. The van der Waals surface area contributed by atoms with Gasteiger partial charge in [-0.05, 0) is 18.6 Å². The second kappa shape index (κ2) is 3.98. The van der Waals surface area contributed by atoms with Crippen LogP contribution in [-0.2, 0) is 4.74 Å². The van der Waals surface area contributed by atoms with E-state index >= 15 is 0 Å². The molecule has 1 aliphatic heterocycles. The van der Waals surface area contributed by atoms with E-state index in [1.165, 1.54) is 12.1 Å². The highest BCUT2D eigenvalue weighted by atomic mass is 19.1. The van der Waals surface area contributed by atoms with Crippen LogP contribution in [-0.4, -0.2) is 19.0 Å². The molecule has 0 aromatic heterocycles. The molecule has 1 aromatic rings. The first-order valence-corrected chi connectivity index (χ1v) is 4.86. The van der Waals surface area contributed by atoms with Gasteiger partial charge in [0.1, 0.15) is 5.82 Å². The Kier molecular flexibility index (Phi) is 2.68. The van der Waals surface area contributed by atoms with E-state index in [1.807, 2.05) is 0 Å². The summed E-state index contributed by atoms with van der Waals surface area (Å²) in [4.78, 5) is 11.9. The minimum Gasteiger partial charge on any atom is -0.396 e. The SMILES string of the molecule is Nc1c(F)cccc1C(=O)C1CCOC1. The van der Waals surface area contributed by atoms with E-state index < -0.39 is 5.82 Å². The molecule has 1 fully saturated rings. The molecule has 0 bridgehead atoms. The van der Waals surface area contributed by atoms with Gasteiger partial charge >= 0.3 is 0 Å². The van der Waals surface area contributed by atoms with Crippen molar-refractivity contribution in [3.8, 4) is 0 Å². The van der Waals surface area contributed by atoms with Gasteiger partial charge in [0, 0.05) is 18.1 Å². The number of hydrogen-bond acceptors (Lipinski definition) is 3. The molecule has 1 saturated heterocycles. The number of ketones is 1. The van der Waals surface area contributed by atoms with Crippen LogP contribution in [0.3, 0.4) is 0 Å². The third kappa shape index (κ3) is 1.85. The fourth-order valence-corrected chi connectivity index (χ4v) is 1.71. The molecule has 1 aliphatic rings. The lowest BCUT2D eigenvalue weighted by molar-refractivity contribution is 0.0901. The van der Waals surface area contributed by atoms with Gasteiger partial charge in [-0.25, -0.2) is 4.39 Å². The molecule has 2 N–H and O–H groups in total. The van der Waals surface area contributed by atoms with Crippen molar-refractivity contribution in [3.63, 3.8) is 0 Å². The predicted molar refractivity (Wildman–Crippen MR) is 54.1 cm³/mol. The van der Waals surface area contributed by atoms with Crippen molar-refractivity contribution >= 4 is 11.5 Å². The number of rotatable bonds is 2. The molecule has 1 atom stereocenters. The Labute approximate surface area is 87.0 Å². The number of hydrogen-bond donors (Lipinski definition) is 1. The van der Waals surface area contributed by atoms with Gasteiger partial charge in [-0.15, -0.1) is 0 Å². The maximum Gasteiger partial charge on any atom is 0.170 e. The Hall–Kier alpha value is -1.42. The minimum absolute atomic E-state index is 0.0607. The van der Waals surface area contributed by atoms with E-state index in [0.29, 0.717) is 19.6 Å². The van der Waals surface area contributed by atoms with Gasteiger partial charge in [-0.1, -0.05) is 6.07 Å². The molecular weight excluding hydrogens is 197 g/mol. The van der Waals surface area contributed by atoms with Crippen molar-refractivity contribution in [3.05, 3.63) is 29.6 Å². The van der Waals surface area contributed by atoms with Crippen LogP contribution < -0.4 is 5.73 Å². The maximum absolute atomic E-state index is 13.1. The third-order valence-corrected chi connectivity index (χ3v) is 2.62. The largest absolute Gasteiger partial charge is 0.396 e. The van der Waals surface area contributed by atoms with Gasteiger partial charge < -0.3 is 10.5 Å². The Morgan fingerprint density at radius 3 is 3.00 bits per heavy atom. The molecule has 4 heteroatoms. The molecule has 3 nitrogen and oxygen atoms in total. The Balaban J connectivity index is 2.28. The number of carbonyl (C=O) groups excluding carboxylic acids is 1. The monoisotopic (exact) mass is 209 g/mol. The van der Waals surface area contributed by atoms with E-state index in [0.717, 1.165) is 0 Å². The van der Waals surface area contributed by atoms with Crippen LogP contribution in [0, 0.1) is 11.7 Å². The molecule has 1 aromatic carbocycles. The van der Waals surface area contributed by atoms with Crippen molar-refractivity contribution in [1.29, 1.82) is 0 Å². The summed E-state index contributed by atoms with van der Waals surface area (Å²) in [5.41, 5.74) is 5.72. The van der Waals surface area contributed by atoms with Crippen molar-refractivity contribution in [1.82, 2.24) is 0 Å². The maximum atomic E-state index is 13.1. The van der Waals surface area contributed by atoms with Crippen LogP contribution in [0.2, 0.25) is 0 Å². The lowest BCUT2D eigenvalue weighted by Gasteiger charge is -2.09. The second-order valence-corrected chi connectivity index (χ2v) is 3.63. The molecule has 0 radical (unpaired) electrons. The van der Waals surface area contributed by atoms with E-state index in [-0.39, 0.29) is 23.0 Å². The lowest BCUT2D eigenvalue weighted by Crippen LogP contribution is -2.16. The van der Waals surface area contributed by atoms with Crippen LogP contribution in [0.25, 0.3) is 0 Å². The molecular formula is C11H12FNO2. The van der Waals surface area contributed by atoms with E-state index in [4.69, 9.17) is 10.5 Å². The lowest BCUT2D eigenvalue weighted by atomic mass is 9.96. The summed E-state index contributed by atoms with van der Waals surface area (Å²) in [7, 11) is 0. The summed E-state index contributed by atoms with van der Waals surface area (Å²) < 4.78 is 18.2. The van der Waals surface area contributed by atoms with Crippen molar-refractivity contribution < 1.29 is 13.9 Å². The number of ether oxygens (including phenoxy) is 1. The molecule has 0 amide bonds. The van der Waals surface area contributed by atoms with Gasteiger partial charge in [0.2, 0.25) is 0 Å². The Morgan fingerprint density at radius 2 is 2.33 bits per heavy atom. The first kappa shape index (κ1) is 10.1. The second-order valence-electron chi connectivity index (χ2n) is 3.63. The summed E-state index contributed by atoms with van der Waals surface area (Å²) in [6.45, 7) is 1.00. The number of carbonyl (C=O) groups is 1. The molecule has 1 heterocycles. The highest BCUT2D eigenvalue weighted by molar-refractivity contribution is 6.02. The topological polar surface area (TPSA) is 52.3 Å². The van der Waals surface area contributed by atoms with Crippen LogP contribution in [0.4, 0.5) is 10.1 Å². The highest BCUT2D eigenvalue weighted by Crippen LogP contribution is 2.23. The summed E-state index contributed by atoms with van der Waals surface area (Å²) in [5, 5.41) is 0. The molecule has 2 rings (SSSR count). The minimum atomic E-state index is -0.542. The average Bonchev–Trinajstić information content (AvgIpc) is 2.74. The summed E-state index contributed by atoms with van der Waals surface area (Å²) in [6, 6.07) is 4.30. The first-order valence-electron chi connectivity index (χ1n) is 4.86. The average molecular weight is 209 g/mol. The number of para-hydroxylation sites is 1. The van der Waals surface area contributed by atoms with Gasteiger partial charge in [-0.2, -0.15) is 0 Å². The van der Waals surface area contributed by atoms with E-state index in [2.05, 4.69) is 0 Å². The van der Waals surface area contributed by atoms with Crippen LogP contribution >= 0.6 is 0 Å². The fourth-order valence-electron chi connectivity index (χ4n) is 1.71. The summed E-state index contributed by atoms with van der Waals surface area (Å²) in [6.07, 6.45) is 0.689. The smallest absolute Gasteiger partial charge is 0.170 e.